The quantitative estimate of drug-likeness (QED) is 0.387. The Balaban J connectivity index is 2.01. The van der Waals surface area contributed by atoms with Crippen LogP contribution in [0.4, 0.5) is 0 Å². The lowest BCUT2D eigenvalue weighted by Crippen LogP contribution is -2.15. The Labute approximate surface area is 179 Å². The number of phenolic OH excluding ortho intramolecular Hbond substituents is 5. The zero-order valence-corrected chi connectivity index (χ0v) is 17.3. The van der Waals surface area contributed by atoms with E-state index in [0.29, 0.717) is 28.7 Å². The van der Waals surface area contributed by atoms with Crippen molar-refractivity contribution in [2.75, 3.05) is 0 Å². The lowest BCUT2D eigenvalue weighted by molar-refractivity contribution is 0.0962. The molecule has 0 saturated heterocycles. The van der Waals surface area contributed by atoms with Gasteiger partial charge in [0.25, 0.3) is 0 Å². The van der Waals surface area contributed by atoms with Gasteiger partial charge in [0.2, 0.25) is 0 Å². The highest BCUT2D eigenvalue weighted by Crippen LogP contribution is 2.53. The van der Waals surface area contributed by atoms with Crippen LogP contribution in [0.2, 0.25) is 0 Å². The number of fused-ring (bicyclic) bond motifs is 3. The van der Waals surface area contributed by atoms with Crippen molar-refractivity contribution in [3.63, 3.8) is 0 Å². The maximum Gasteiger partial charge on any atom is 0.170 e. The van der Waals surface area contributed by atoms with Crippen molar-refractivity contribution in [1.29, 1.82) is 0 Å². The van der Waals surface area contributed by atoms with Crippen molar-refractivity contribution in [2.24, 2.45) is 5.92 Å². The summed E-state index contributed by atoms with van der Waals surface area (Å²) in [7, 11) is 0. The molecule has 0 bridgehead atoms. The molecule has 3 aromatic carbocycles. The molecule has 6 nitrogen and oxygen atoms in total. The summed E-state index contributed by atoms with van der Waals surface area (Å²) in [5, 5.41) is 52.0. The highest BCUT2D eigenvalue weighted by Gasteiger charge is 2.34. The van der Waals surface area contributed by atoms with E-state index in [9.17, 15) is 30.3 Å². The van der Waals surface area contributed by atoms with Crippen LogP contribution in [0.25, 0.3) is 11.1 Å². The van der Waals surface area contributed by atoms with Crippen LogP contribution in [0, 0.1) is 5.92 Å². The Morgan fingerprint density at radius 2 is 1.61 bits per heavy atom. The first-order chi connectivity index (χ1) is 14.7. The minimum absolute atomic E-state index is 0.0444. The van der Waals surface area contributed by atoms with E-state index in [1.54, 1.807) is 12.1 Å². The second-order valence-electron chi connectivity index (χ2n) is 8.45. The van der Waals surface area contributed by atoms with E-state index < -0.39 is 5.92 Å². The molecule has 31 heavy (non-hydrogen) atoms. The summed E-state index contributed by atoms with van der Waals surface area (Å²) >= 11 is 0. The van der Waals surface area contributed by atoms with Gasteiger partial charge in [0.1, 0.15) is 34.3 Å². The zero-order chi connectivity index (χ0) is 22.4. The molecule has 0 unspecified atom stereocenters. The fourth-order valence-corrected chi connectivity index (χ4v) is 4.43. The Hall–Kier alpha value is -3.67. The maximum absolute atomic E-state index is 12.8. The molecule has 0 aliphatic heterocycles. The summed E-state index contributed by atoms with van der Waals surface area (Å²) in [6.07, 6.45) is 0.505. The molecule has 160 valence electrons. The van der Waals surface area contributed by atoms with Crippen molar-refractivity contribution in [1.82, 2.24) is 0 Å². The fraction of sp³-hybridized carbons (Fsp3) is 0.240. The van der Waals surface area contributed by atoms with Gasteiger partial charge in [-0.05, 0) is 53.3 Å². The summed E-state index contributed by atoms with van der Waals surface area (Å²) < 4.78 is 0. The summed E-state index contributed by atoms with van der Waals surface area (Å²) in [6, 6.07) is 10.6. The minimum Gasteiger partial charge on any atom is -0.508 e. The van der Waals surface area contributed by atoms with Crippen LogP contribution in [-0.4, -0.2) is 31.3 Å². The highest BCUT2D eigenvalue weighted by atomic mass is 16.3. The lowest BCUT2D eigenvalue weighted by atomic mass is 9.73. The van der Waals surface area contributed by atoms with Crippen molar-refractivity contribution in [3.05, 3.63) is 64.7 Å². The van der Waals surface area contributed by atoms with Crippen molar-refractivity contribution >= 4 is 5.78 Å². The molecule has 4 rings (SSSR count). The monoisotopic (exact) mass is 420 g/mol. The van der Waals surface area contributed by atoms with Crippen LogP contribution in [-0.2, 0) is 6.42 Å². The molecule has 1 atom stereocenters. The Kier molecular flexibility index (Phi) is 5.01. The number of carbonyl (C=O) groups excluding carboxylic acids is 1. The maximum atomic E-state index is 12.8. The highest BCUT2D eigenvalue weighted by molar-refractivity contribution is 6.03. The van der Waals surface area contributed by atoms with Crippen molar-refractivity contribution in [3.8, 4) is 39.9 Å². The number of aromatic hydroxyl groups is 5. The van der Waals surface area contributed by atoms with Gasteiger partial charge >= 0.3 is 0 Å². The number of ketones is 1. The SMILES string of the molecule is CC(C)CC(=O)c1c(O)cc2c(c1O)[C@@H](c1ccc(O)cc1)Cc1cc(O)cc(O)c1-2. The van der Waals surface area contributed by atoms with Crippen LogP contribution in [0.3, 0.4) is 0 Å². The first kappa shape index (κ1) is 20.6. The van der Waals surface area contributed by atoms with Crippen LogP contribution in [0.15, 0.2) is 42.5 Å². The van der Waals surface area contributed by atoms with Crippen LogP contribution >= 0.6 is 0 Å². The molecular formula is C25H24O6. The third-order valence-corrected chi connectivity index (χ3v) is 5.71. The molecule has 0 radical (unpaired) electrons. The van der Waals surface area contributed by atoms with Gasteiger partial charge in [0.05, 0.1) is 0 Å². The summed E-state index contributed by atoms with van der Waals surface area (Å²) in [6.45, 7) is 3.76. The van der Waals surface area contributed by atoms with Crippen LogP contribution < -0.4 is 0 Å². The standard InChI is InChI=1S/C25H24O6/c1-12(2)7-19(28)24-21(30)11-18-22-14(8-16(27)10-20(22)29)9-17(23(18)25(24)31)13-3-5-15(26)6-4-13/h3-6,8,10-12,17,26-27,29-31H,7,9H2,1-2H3/t17-/m1/s1. The number of carbonyl (C=O) groups is 1. The summed E-state index contributed by atoms with van der Waals surface area (Å²) in [5.41, 5.74) is 2.50. The average Bonchev–Trinajstić information content (AvgIpc) is 2.66. The molecule has 5 N–H and O–H groups in total. The molecule has 3 aromatic rings. The van der Waals surface area contributed by atoms with Gasteiger partial charge in [0.15, 0.2) is 5.78 Å². The van der Waals surface area contributed by atoms with Gasteiger partial charge in [-0.2, -0.15) is 0 Å². The second kappa shape index (κ2) is 7.54. The number of rotatable bonds is 4. The number of hydrogen-bond acceptors (Lipinski definition) is 6. The molecular weight excluding hydrogens is 396 g/mol. The summed E-state index contributed by atoms with van der Waals surface area (Å²) in [5.74, 6) is -1.58. The lowest BCUT2D eigenvalue weighted by Gasteiger charge is -2.30. The molecule has 6 heteroatoms. The third-order valence-electron chi connectivity index (χ3n) is 5.71. The average molecular weight is 420 g/mol. The van der Waals surface area contributed by atoms with E-state index in [4.69, 9.17) is 0 Å². The van der Waals surface area contributed by atoms with E-state index in [2.05, 4.69) is 0 Å². The van der Waals surface area contributed by atoms with Crippen molar-refractivity contribution in [2.45, 2.75) is 32.6 Å². The van der Waals surface area contributed by atoms with E-state index >= 15 is 0 Å². The van der Waals surface area contributed by atoms with Gasteiger partial charge in [0, 0.05) is 29.5 Å². The molecule has 0 spiro atoms. The second-order valence-corrected chi connectivity index (χ2v) is 8.45. The number of benzene rings is 3. The number of hydrogen-bond donors (Lipinski definition) is 5. The van der Waals surface area contributed by atoms with Crippen LogP contribution in [0.1, 0.15) is 53.2 Å². The molecule has 0 heterocycles. The number of phenols is 5. The van der Waals surface area contributed by atoms with E-state index in [0.717, 1.165) is 5.56 Å². The largest absolute Gasteiger partial charge is 0.508 e. The molecule has 1 aliphatic rings. The van der Waals surface area contributed by atoms with Gasteiger partial charge in [-0.25, -0.2) is 0 Å². The number of Topliss-reactive ketones (excluding diaryl/α,β-unsaturated/α-hetero) is 1. The van der Waals surface area contributed by atoms with E-state index in [-0.39, 0.29) is 52.4 Å². The Bertz CT molecular complexity index is 1180. The van der Waals surface area contributed by atoms with Crippen LogP contribution in [0.5, 0.6) is 28.7 Å². The summed E-state index contributed by atoms with van der Waals surface area (Å²) in [4.78, 5) is 12.8. The third kappa shape index (κ3) is 3.54. The molecule has 0 aromatic heterocycles. The smallest absolute Gasteiger partial charge is 0.170 e. The molecule has 0 saturated carbocycles. The van der Waals surface area contributed by atoms with Gasteiger partial charge < -0.3 is 25.5 Å². The zero-order valence-electron chi connectivity index (χ0n) is 17.3. The van der Waals surface area contributed by atoms with E-state index in [1.807, 2.05) is 13.8 Å². The van der Waals surface area contributed by atoms with Crippen molar-refractivity contribution < 1.29 is 30.3 Å². The predicted octanol–water partition coefficient (Wildman–Crippen LogP) is 4.80. The Morgan fingerprint density at radius 1 is 0.935 bits per heavy atom. The van der Waals surface area contributed by atoms with E-state index in [1.165, 1.54) is 30.3 Å². The first-order valence-corrected chi connectivity index (χ1v) is 10.1. The predicted molar refractivity (Wildman–Crippen MR) is 116 cm³/mol. The fourth-order valence-electron chi connectivity index (χ4n) is 4.43. The van der Waals surface area contributed by atoms with Gasteiger partial charge in [-0.3, -0.25) is 4.79 Å². The topological polar surface area (TPSA) is 118 Å². The Morgan fingerprint density at radius 3 is 2.26 bits per heavy atom. The van der Waals surface area contributed by atoms with Gasteiger partial charge in [-0.15, -0.1) is 0 Å². The minimum atomic E-state index is -0.421. The normalized spacial score (nSPS) is 14.9. The molecule has 0 fully saturated rings. The molecule has 1 aliphatic carbocycles. The molecule has 0 amide bonds. The van der Waals surface area contributed by atoms with Gasteiger partial charge in [-0.1, -0.05) is 26.0 Å². The first-order valence-electron chi connectivity index (χ1n) is 10.1.